The summed E-state index contributed by atoms with van der Waals surface area (Å²) >= 11 is 0. The fourth-order valence-electron chi connectivity index (χ4n) is 3.49. The van der Waals surface area contributed by atoms with Gasteiger partial charge in [0.25, 0.3) is 0 Å². The van der Waals surface area contributed by atoms with Crippen LogP contribution < -0.4 is 10.2 Å². The maximum absolute atomic E-state index is 11.4. The van der Waals surface area contributed by atoms with Crippen molar-refractivity contribution < 1.29 is 9.53 Å². The van der Waals surface area contributed by atoms with Crippen LogP contribution in [0.5, 0.6) is 0 Å². The standard InChI is InChI=1S/C15H21N5O2/c21-14-10-22-13-9-19(8-12(13)18-14)7-11-3-4-16-15(17-11)20-5-1-2-6-20/h3-4,12-13H,1-2,5-10H2,(H,18,21)/t12-,13-/m0/s1. The van der Waals surface area contributed by atoms with Crippen molar-refractivity contribution in [2.75, 3.05) is 37.7 Å². The number of nitrogens with zero attached hydrogens (tertiary/aromatic N) is 4. The van der Waals surface area contributed by atoms with Gasteiger partial charge >= 0.3 is 0 Å². The highest BCUT2D eigenvalue weighted by Crippen LogP contribution is 2.20. The minimum atomic E-state index is -0.0125. The second-order valence-corrected chi connectivity index (χ2v) is 6.26. The van der Waals surface area contributed by atoms with Gasteiger partial charge in [-0.1, -0.05) is 0 Å². The molecule has 0 radical (unpaired) electrons. The Morgan fingerprint density at radius 3 is 3.05 bits per heavy atom. The molecule has 7 heteroatoms. The molecular weight excluding hydrogens is 282 g/mol. The number of carbonyl (C=O) groups is 1. The van der Waals surface area contributed by atoms with Gasteiger partial charge in [-0.2, -0.15) is 0 Å². The van der Waals surface area contributed by atoms with E-state index in [1.165, 1.54) is 12.8 Å². The summed E-state index contributed by atoms with van der Waals surface area (Å²) in [7, 11) is 0. The third-order valence-corrected chi connectivity index (χ3v) is 4.59. The lowest BCUT2D eigenvalue weighted by atomic mass is 10.2. The lowest BCUT2D eigenvalue weighted by Crippen LogP contribution is -2.50. The van der Waals surface area contributed by atoms with Crippen LogP contribution in [0.3, 0.4) is 0 Å². The SMILES string of the molecule is O=C1CO[C@H]2CN(Cc3ccnc(N4CCCC4)n3)C[C@@H]2N1. The first-order chi connectivity index (χ1) is 10.8. The summed E-state index contributed by atoms with van der Waals surface area (Å²) in [4.78, 5) is 25.0. The normalized spacial score (nSPS) is 28.7. The number of rotatable bonds is 3. The van der Waals surface area contributed by atoms with Gasteiger partial charge in [-0.15, -0.1) is 0 Å². The molecule has 1 aromatic heterocycles. The van der Waals surface area contributed by atoms with Crippen molar-refractivity contribution in [3.05, 3.63) is 18.0 Å². The molecule has 4 rings (SSSR count). The van der Waals surface area contributed by atoms with Gasteiger partial charge in [0.05, 0.1) is 17.8 Å². The molecule has 3 aliphatic heterocycles. The van der Waals surface area contributed by atoms with Crippen molar-refractivity contribution in [1.82, 2.24) is 20.2 Å². The van der Waals surface area contributed by atoms with E-state index in [0.717, 1.165) is 44.4 Å². The molecule has 0 aliphatic carbocycles. The zero-order valence-corrected chi connectivity index (χ0v) is 12.6. The smallest absolute Gasteiger partial charge is 0.246 e. The molecule has 1 aromatic rings. The molecule has 1 amide bonds. The Labute approximate surface area is 129 Å². The van der Waals surface area contributed by atoms with Crippen molar-refractivity contribution >= 4 is 11.9 Å². The number of anilines is 1. The van der Waals surface area contributed by atoms with E-state index in [2.05, 4.69) is 20.1 Å². The summed E-state index contributed by atoms with van der Waals surface area (Å²) in [6, 6.07) is 2.09. The van der Waals surface area contributed by atoms with Crippen molar-refractivity contribution in [2.24, 2.45) is 0 Å². The van der Waals surface area contributed by atoms with E-state index in [4.69, 9.17) is 9.72 Å². The second-order valence-electron chi connectivity index (χ2n) is 6.26. The van der Waals surface area contributed by atoms with E-state index in [9.17, 15) is 4.79 Å². The molecule has 2 atom stereocenters. The molecule has 0 aromatic carbocycles. The van der Waals surface area contributed by atoms with Gasteiger partial charge in [0.2, 0.25) is 11.9 Å². The number of hydrogen-bond acceptors (Lipinski definition) is 6. The van der Waals surface area contributed by atoms with Crippen molar-refractivity contribution in [3.63, 3.8) is 0 Å². The summed E-state index contributed by atoms with van der Waals surface area (Å²) in [5, 5.41) is 3.00. The molecular formula is C15H21N5O2. The highest BCUT2D eigenvalue weighted by Gasteiger charge is 2.37. The van der Waals surface area contributed by atoms with Crippen molar-refractivity contribution in [2.45, 2.75) is 31.5 Å². The summed E-state index contributed by atoms with van der Waals surface area (Å²) in [5.74, 6) is 0.831. The van der Waals surface area contributed by atoms with Gasteiger partial charge < -0.3 is 15.0 Å². The van der Waals surface area contributed by atoms with Gasteiger partial charge in [-0.05, 0) is 18.9 Å². The van der Waals surface area contributed by atoms with Crippen LogP contribution in [0.1, 0.15) is 18.5 Å². The molecule has 3 aliphatic rings. The monoisotopic (exact) mass is 303 g/mol. The summed E-state index contributed by atoms with van der Waals surface area (Å²) in [6.07, 6.45) is 4.40. The maximum atomic E-state index is 11.4. The molecule has 0 unspecified atom stereocenters. The van der Waals surface area contributed by atoms with Crippen LogP contribution in [-0.2, 0) is 16.1 Å². The number of aromatic nitrogens is 2. The number of ether oxygens (including phenoxy) is 1. The quantitative estimate of drug-likeness (QED) is 0.832. The molecule has 1 N–H and O–H groups in total. The molecule has 0 spiro atoms. The van der Waals surface area contributed by atoms with Gasteiger partial charge in [-0.25, -0.2) is 9.97 Å². The Morgan fingerprint density at radius 2 is 2.18 bits per heavy atom. The van der Waals surface area contributed by atoms with E-state index < -0.39 is 0 Å². The van der Waals surface area contributed by atoms with Crippen molar-refractivity contribution in [3.8, 4) is 0 Å². The van der Waals surface area contributed by atoms with E-state index in [0.29, 0.717) is 0 Å². The predicted octanol–water partition coefficient (Wildman–Crippen LogP) is -0.224. The van der Waals surface area contributed by atoms with Gasteiger partial charge in [0.15, 0.2) is 0 Å². The van der Waals surface area contributed by atoms with E-state index in [-0.39, 0.29) is 24.7 Å². The summed E-state index contributed by atoms with van der Waals surface area (Å²) in [6.45, 7) is 4.72. The third-order valence-electron chi connectivity index (χ3n) is 4.59. The highest BCUT2D eigenvalue weighted by molar-refractivity contribution is 5.78. The Morgan fingerprint density at radius 1 is 1.32 bits per heavy atom. The molecule has 3 fully saturated rings. The predicted molar refractivity (Wildman–Crippen MR) is 80.4 cm³/mol. The van der Waals surface area contributed by atoms with E-state index in [1.54, 1.807) is 0 Å². The molecule has 0 bridgehead atoms. The van der Waals surface area contributed by atoms with Gasteiger partial charge in [0, 0.05) is 38.9 Å². The fourth-order valence-corrected chi connectivity index (χ4v) is 3.49. The number of nitrogens with one attached hydrogen (secondary N) is 1. The maximum Gasteiger partial charge on any atom is 0.246 e. The number of carbonyl (C=O) groups excluding carboxylic acids is 1. The average Bonchev–Trinajstić information content (AvgIpc) is 3.16. The average molecular weight is 303 g/mol. The zero-order chi connectivity index (χ0) is 14.9. The van der Waals surface area contributed by atoms with Crippen LogP contribution in [0, 0.1) is 0 Å². The van der Waals surface area contributed by atoms with Crippen molar-refractivity contribution in [1.29, 1.82) is 0 Å². The molecule has 22 heavy (non-hydrogen) atoms. The van der Waals surface area contributed by atoms with Gasteiger partial charge in [-0.3, -0.25) is 9.69 Å². The van der Waals surface area contributed by atoms with Gasteiger partial charge in [0.1, 0.15) is 6.61 Å². The first kappa shape index (κ1) is 13.9. The summed E-state index contributed by atoms with van der Waals surface area (Å²) < 4.78 is 5.59. The minimum absolute atomic E-state index is 0.0125. The zero-order valence-electron chi connectivity index (χ0n) is 12.6. The van der Waals surface area contributed by atoms with Crippen LogP contribution in [0.25, 0.3) is 0 Å². The Hall–Kier alpha value is -1.73. The lowest BCUT2D eigenvalue weighted by molar-refractivity contribution is -0.134. The van der Waals surface area contributed by atoms with Crippen LogP contribution >= 0.6 is 0 Å². The highest BCUT2D eigenvalue weighted by atomic mass is 16.5. The number of morpholine rings is 1. The number of hydrogen-bond donors (Lipinski definition) is 1. The van der Waals surface area contributed by atoms with E-state index >= 15 is 0 Å². The first-order valence-electron chi connectivity index (χ1n) is 7.98. The van der Waals surface area contributed by atoms with Crippen LogP contribution in [0.15, 0.2) is 12.3 Å². The lowest BCUT2D eigenvalue weighted by Gasteiger charge is -2.25. The largest absolute Gasteiger partial charge is 0.365 e. The minimum Gasteiger partial charge on any atom is -0.365 e. The topological polar surface area (TPSA) is 70.6 Å². The molecule has 3 saturated heterocycles. The summed E-state index contributed by atoms with van der Waals surface area (Å²) in [5.41, 5.74) is 1.03. The number of amides is 1. The molecule has 7 nitrogen and oxygen atoms in total. The number of likely N-dealkylation sites (tertiary alicyclic amines) is 1. The Bertz CT molecular complexity index is 561. The first-order valence-corrected chi connectivity index (χ1v) is 7.98. The van der Waals surface area contributed by atoms with E-state index in [1.807, 2.05) is 12.3 Å². The van der Waals surface area contributed by atoms with Crippen LogP contribution in [0.2, 0.25) is 0 Å². The fraction of sp³-hybridized carbons (Fsp3) is 0.667. The molecule has 0 saturated carbocycles. The van der Waals surface area contributed by atoms with Crippen LogP contribution in [0.4, 0.5) is 5.95 Å². The molecule has 118 valence electrons. The second kappa shape index (κ2) is 5.81. The molecule has 4 heterocycles. The Balaban J connectivity index is 1.41. The Kier molecular flexibility index (Phi) is 3.67. The number of fused-ring (bicyclic) bond motifs is 1. The van der Waals surface area contributed by atoms with Crippen LogP contribution in [-0.4, -0.2) is 65.7 Å². The third kappa shape index (κ3) is 2.78.